The number of hydrogen-bond acceptors (Lipinski definition) is 4. The molecule has 1 fully saturated rings. The van der Waals surface area contributed by atoms with Gasteiger partial charge in [-0.3, -0.25) is 0 Å². The lowest BCUT2D eigenvalue weighted by Crippen LogP contribution is -2.47. The summed E-state index contributed by atoms with van der Waals surface area (Å²) in [4.78, 5) is 0. The summed E-state index contributed by atoms with van der Waals surface area (Å²) >= 11 is 0. The molecule has 0 aromatic rings. The van der Waals surface area contributed by atoms with E-state index in [1.54, 1.807) is 0 Å². The molecular weight excluding hydrogens is 250 g/mol. The molecular formula is C12H23N3O2S. The van der Waals surface area contributed by atoms with E-state index in [9.17, 15) is 8.42 Å². The Morgan fingerprint density at radius 1 is 1.39 bits per heavy atom. The Balaban J connectivity index is 2.86. The zero-order valence-corrected chi connectivity index (χ0v) is 12.0. The van der Waals surface area contributed by atoms with Gasteiger partial charge in [-0.25, -0.2) is 8.42 Å². The van der Waals surface area contributed by atoms with Gasteiger partial charge >= 0.3 is 0 Å². The molecule has 104 valence electrons. The maximum Gasteiger partial charge on any atom is 0.230 e. The minimum atomic E-state index is -3.50. The first-order valence-corrected chi connectivity index (χ1v) is 8.09. The van der Waals surface area contributed by atoms with Crippen LogP contribution < -0.4 is 5.73 Å². The van der Waals surface area contributed by atoms with Crippen molar-refractivity contribution in [2.45, 2.75) is 63.3 Å². The van der Waals surface area contributed by atoms with Gasteiger partial charge in [-0.05, 0) is 39.0 Å². The third kappa shape index (κ3) is 3.44. The van der Waals surface area contributed by atoms with Crippen LogP contribution in [0.5, 0.6) is 0 Å². The molecule has 1 rings (SSSR count). The van der Waals surface area contributed by atoms with Gasteiger partial charge in [0.2, 0.25) is 10.0 Å². The largest absolute Gasteiger partial charge is 0.328 e. The monoisotopic (exact) mass is 273 g/mol. The average Bonchev–Trinajstić information content (AvgIpc) is 2.36. The van der Waals surface area contributed by atoms with Crippen LogP contribution in [0.15, 0.2) is 0 Å². The molecule has 0 radical (unpaired) electrons. The molecule has 0 spiro atoms. The van der Waals surface area contributed by atoms with Gasteiger partial charge in [0.05, 0.1) is 6.07 Å². The van der Waals surface area contributed by atoms with Gasteiger partial charge in [-0.1, -0.05) is 6.92 Å². The van der Waals surface area contributed by atoms with Gasteiger partial charge in [0.25, 0.3) is 0 Å². The minimum absolute atomic E-state index is 0.0190. The highest BCUT2D eigenvalue weighted by molar-refractivity contribution is 7.90. The van der Waals surface area contributed by atoms with Crippen molar-refractivity contribution in [1.29, 1.82) is 5.26 Å². The van der Waals surface area contributed by atoms with Crippen LogP contribution in [0, 0.1) is 11.3 Å². The number of nitrogens with zero attached hydrogens (tertiary/aromatic N) is 2. The summed E-state index contributed by atoms with van der Waals surface area (Å²) in [6, 6.07) is 2.05. The molecule has 0 aliphatic heterocycles. The van der Waals surface area contributed by atoms with Crippen LogP contribution in [0.4, 0.5) is 0 Å². The van der Waals surface area contributed by atoms with Crippen molar-refractivity contribution >= 4 is 10.0 Å². The topological polar surface area (TPSA) is 87.2 Å². The molecule has 0 saturated heterocycles. The summed E-state index contributed by atoms with van der Waals surface area (Å²) in [5, 5.41) is 7.88. The summed E-state index contributed by atoms with van der Waals surface area (Å²) < 4.78 is 26.1. The fraction of sp³-hybridized carbons (Fsp3) is 0.917. The summed E-state index contributed by atoms with van der Waals surface area (Å²) in [7, 11) is -3.50. The van der Waals surface area contributed by atoms with Gasteiger partial charge in [0, 0.05) is 18.6 Å². The number of nitriles is 1. The molecule has 1 unspecified atom stereocenters. The van der Waals surface area contributed by atoms with Crippen LogP contribution in [-0.4, -0.2) is 36.6 Å². The summed E-state index contributed by atoms with van der Waals surface area (Å²) in [5.74, 6) is 0. The lowest BCUT2D eigenvalue weighted by molar-refractivity contribution is 0.239. The Morgan fingerprint density at radius 3 is 2.39 bits per heavy atom. The first-order valence-electron chi connectivity index (χ1n) is 6.59. The van der Waals surface area contributed by atoms with Crippen molar-refractivity contribution in [2.24, 2.45) is 5.73 Å². The molecule has 1 saturated carbocycles. The average molecular weight is 273 g/mol. The molecule has 6 heteroatoms. The third-order valence-electron chi connectivity index (χ3n) is 3.55. The molecule has 18 heavy (non-hydrogen) atoms. The van der Waals surface area contributed by atoms with Gasteiger partial charge in [0.15, 0.2) is 5.25 Å². The molecule has 2 N–H and O–H groups in total. The van der Waals surface area contributed by atoms with Crippen molar-refractivity contribution in [1.82, 2.24) is 4.31 Å². The van der Waals surface area contributed by atoms with Gasteiger partial charge in [-0.15, -0.1) is 0 Å². The number of nitrogens with two attached hydrogens (primary N) is 1. The van der Waals surface area contributed by atoms with Crippen molar-refractivity contribution in [3.8, 4) is 6.07 Å². The zero-order chi connectivity index (χ0) is 13.8. The predicted octanol–water partition coefficient (Wildman–Crippen LogP) is 1.21. The van der Waals surface area contributed by atoms with Crippen molar-refractivity contribution in [3.63, 3.8) is 0 Å². The van der Waals surface area contributed by atoms with Gasteiger partial charge in [-0.2, -0.15) is 9.57 Å². The number of hydrogen-bond donors (Lipinski definition) is 1. The predicted molar refractivity (Wildman–Crippen MR) is 71.2 cm³/mol. The third-order valence-corrected chi connectivity index (χ3v) is 5.68. The van der Waals surface area contributed by atoms with Crippen LogP contribution in [0.25, 0.3) is 0 Å². The van der Waals surface area contributed by atoms with E-state index in [-0.39, 0.29) is 12.1 Å². The Bertz CT molecular complexity index is 394. The lowest BCUT2D eigenvalue weighted by atomic mass is 9.92. The van der Waals surface area contributed by atoms with E-state index in [2.05, 4.69) is 0 Å². The van der Waals surface area contributed by atoms with Gasteiger partial charge in [0.1, 0.15) is 0 Å². The quantitative estimate of drug-likeness (QED) is 0.815. The molecule has 1 atom stereocenters. The van der Waals surface area contributed by atoms with Crippen LogP contribution >= 0.6 is 0 Å². The molecule has 0 heterocycles. The smallest absolute Gasteiger partial charge is 0.230 e. The molecule has 0 aromatic carbocycles. The van der Waals surface area contributed by atoms with E-state index in [1.165, 1.54) is 11.2 Å². The maximum absolute atomic E-state index is 12.3. The highest BCUT2D eigenvalue weighted by Gasteiger charge is 2.35. The fourth-order valence-corrected chi connectivity index (χ4v) is 4.00. The van der Waals surface area contributed by atoms with Crippen LogP contribution in [0.3, 0.4) is 0 Å². The van der Waals surface area contributed by atoms with E-state index in [0.29, 0.717) is 6.54 Å². The van der Waals surface area contributed by atoms with Crippen LogP contribution in [0.2, 0.25) is 0 Å². The lowest BCUT2D eigenvalue weighted by Gasteiger charge is -2.35. The zero-order valence-electron chi connectivity index (χ0n) is 11.2. The first kappa shape index (κ1) is 15.4. The second-order valence-electron chi connectivity index (χ2n) is 5.00. The van der Waals surface area contributed by atoms with Crippen LogP contribution in [0.1, 0.15) is 46.0 Å². The second kappa shape index (κ2) is 6.50. The van der Waals surface area contributed by atoms with E-state index >= 15 is 0 Å². The minimum Gasteiger partial charge on any atom is -0.328 e. The Labute approximate surface area is 110 Å². The molecule has 1 aliphatic carbocycles. The molecule has 0 bridgehead atoms. The van der Waals surface area contributed by atoms with Crippen LogP contribution in [-0.2, 0) is 10.0 Å². The Morgan fingerprint density at radius 2 is 1.94 bits per heavy atom. The molecule has 0 amide bonds. The summed E-state index contributed by atoms with van der Waals surface area (Å²) in [5.41, 5.74) is 5.85. The molecule has 5 nitrogen and oxygen atoms in total. The standard InChI is InChI=1S/C12H23N3O2S/c1-3-8-15(18(16,17)10(2)9-13)12-6-4-11(14)5-7-12/h10-12H,3-8,14H2,1-2H3. The Kier molecular flexibility index (Phi) is 5.57. The molecule has 0 aromatic heterocycles. The van der Waals surface area contributed by atoms with E-state index < -0.39 is 15.3 Å². The van der Waals surface area contributed by atoms with Gasteiger partial charge < -0.3 is 5.73 Å². The van der Waals surface area contributed by atoms with E-state index in [4.69, 9.17) is 11.0 Å². The maximum atomic E-state index is 12.3. The highest BCUT2D eigenvalue weighted by atomic mass is 32.2. The first-order chi connectivity index (χ1) is 8.43. The SMILES string of the molecule is CCCN(C1CCC(N)CC1)S(=O)(=O)C(C)C#N. The number of sulfonamides is 1. The van der Waals surface area contributed by atoms with E-state index in [1.807, 2.05) is 13.0 Å². The second-order valence-corrected chi connectivity index (χ2v) is 7.20. The van der Waals surface area contributed by atoms with Crippen molar-refractivity contribution < 1.29 is 8.42 Å². The summed E-state index contributed by atoms with van der Waals surface area (Å²) in [6.45, 7) is 3.90. The van der Waals surface area contributed by atoms with E-state index in [0.717, 1.165) is 32.1 Å². The fourth-order valence-electron chi connectivity index (χ4n) is 2.40. The van der Waals surface area contributed by atoms with Crippen molar-refractivity contribution in [2.75, 3.05) is 6.54 Å². The highest BCUT2D eigenvalue weighted by Crippen LogP contribution is 2.26. The Hall–Kier alpha value is -0.640. The summed E-state index contributed by atoms with van der Waals surface area (Å²) in [6.07, 6.45) is 4.10. The number of rotatable bonds is 5. The normalized spacial score (nSPS) is 26.8. The van der Waals surface area contributed by atoms with Crippen molar-refractivity contribution in [3.05, 3.63) is 0 Å². The molecule has 1 aliphatic rings.